The van der Waals surface area contributed by atoms with E-state index in [-0.39, 0.29) is 5.91 Å². The minimum atomic E-state index is -0.0251. The lowest BCUT2D eigenvalue weighted by atomic mass is 10.2. The Morgan fingerprint density at radius 2 is 2.39 bits per heavy atom. The highest BCUT2D eigenvalue weighted by atomic mass is 16.2. The van der Waals surface area contributed by atoms with Crippen molar-refractivity contribution in [3.63, 3.8) is 0 Å². The zero-order valence-corrected chi connectivity index (χ0v) is 10.6. The van der Waals surface area contributed by atoms with Crippen LogP contribution in [0.3, 0.4) is 0 Å². The number of amides is 1. The van der Waals surface area contributed by atoms with Crippen molar-refractivity contribution in [3.05, 3.63) is 42.5 Å². The number of terminal acetylenes is 1. The maximum Gasteiger partial charge on any atom is 0.239 e. The maximum atomic E-state index is 11.7. The van der Waals surface area contributed by atoms with E-state index in [4.69, 9.17) is 6.42 Å². The highest BCUT2D eigenvalue weighted by Gasteiger charge is 2.09. The molecule has 0 aromatic heterocycles. The Morgan fingerprint density at radius 3 is 3.00 bits per heavy atom. The monoisotopic (exact) mass is 242 g/mol. The van der Waals surface area contributed by atoms with E-state index in [1.54, 1.807) is 6.08 Å². The SMILES string of the molecule is C#Cc1cccc(N(CC)CC(=O)NCC=C)c1. The number of nitrogens with zero attached hydrogens (tertiary/aromatic N) is 1. The summed E-state index contributed by atoms with van der Waals surface area (Å²) in [5.74, 6) is 2.57. The van der Waals surface area contributed by atoms with Crippen molar-refractivity contribution >= 4 is 11.6 Å². The molecule has 0 saturated heterocycles. The number of carbonyl (C=O) groups excluding carboxylic acids is 1. The van der Waals surface area contributed by atoms with Gasteiger partial charge in [-0.25, -0.2) is 0 Å². The lowest BCUT2D eigenvalue weighted by Crippen LogP contribution is -2.37. The predicted molar refractivity (Wildman–Crippen MR) is 75.5 cm³/mol. The van der Waals surface area contributed by atoms with Crippen molar-refractivity contribution in [1.29, 1.82) is 0 Å². The molecule has 0 saturated carbocycles. The normalized spacial score (nSPS) is 9.33. The molecule has 0 aliphatic rings. The largest absolute Gasteiger partial charge is 0.362 e. The first kappa shape index (κ1) is 13.9. The molecule has 0 atom stereocenters. The number of hydrogen-bond acceptors (Lipinski definition) is 2. The molecule has 94 valence electrons. The summed E-state index contributed by atoms with van der Waals surface area (Å²) in [7, 11) is 0. The molecule has 0 aliphatic heterocycles. The van der Waals surface area contributed by atoms with Gasteiger partial charge in [0.1, 0.15) is 0 Å². The van der Waals surface area contributed by atoms with Gasteiger partial charge in [0.05, 0.1) is 6.54 Å². The Hall–Kier alpha value is -2.21. The van der Waals surface area contributed by atoms with Crippen LogP contribution in [-0.2, 0) is 4.79 Å². The van der Waals surface area contributed by atoms with Gasteiger partial charge in [-0.3, -0.25) is 4.79 Å². The number of benzene rings is 1. The van der Waals surface area contributed by atoms with Crippen LogP contribution < -0.4 is 10.2 Å². The van der Waals surface area contributed by atoms with Crippen LogP contribution in [0.4, 0.5) is 5.69 Å². The molecule has 0 radical (unpaired) electrons. The van der Waals surface area contributed by atoms with Crippen LogP contribution >= 0.6 is 0 Å². The summed E-state index contributed by atoms with van der Waals surface area (Å²) in [4.78, 5) is 13.6. The average Bonchev–Trinajstić information content (AvgIpc) is 2.42. The summed E-state index contributed by atoms with van der Waals surface area (Å²) >= 11 is 0. The van der Waals surface area contributed by atoms with Crippen molar-refractivity contribution in [3.8, 4) is 12.3 Å². The van der Waals surface area contributed by atoms with Crippen molar-refractivity contribution in [1.82, 2.24) is 5.32 Å². The van der Waals surface area contributed by atoms with Gasteiger partial charge in [0.15, 0.2) is 0 Å². The summed E-state index contributed by atoms with van der Waals surface area (Å²) in [5, 5.41) is 2.76. The second-order valence-corrected chi connectivity index (χ2v) is 3.80. The molecule has 0 fully saturated rings. The van der Waals surface area contributed by atoms with E-state index in [1.807, 2.05) is 36.1 Å². The molecular weight excluding hydrogens is 224 g/mol. The molecule has 1 rings (SSSR count). The predicted octanol–water partition coefficient (Wildman–Crippen LogP) is 1.80. The second kappa shape index (κ2) is 7.18. The maximum absolute atomic E-state index is 11.7. The van der Waals surface area contributed by atoms with Gasteiger partial charge in [-0.05, 0) is 25.1 Å². The molecule has 3 nitrogen and oxygen atoms in total. The van der Waals surface area contributed by atoms with Crippen LogP contribution in [0.5, 0.6) is 0 Å². The van der Waals surface area contributed by atoms with Crippen LogP contribution in [0.2, 0.25) is 0 Å². The van der Waals surface area contributed by atoms with Gasteiger partial charge in [0.25, 0.3) is 0 Å². The molecule has 1 N–H and O–H groups in total. The molecule has 0 heterocycles. The van der Waals surface area contributed by atoms with E-state index >= 15 is 0 Å². The van der Waals surface area contributed by atoms with E-state index in [1.165, 1.54) is 0 Å². The second-order valence-electron chi connectivity index (χ2n) is 3.80. The number of rotatable bonds is 6. The first-order valence-electron chi connectivity index (χ1n) is 5.90. The Morgan fingerprint density at radius 1 is 1.61 bits per heavy atom. The summed E-state index contributed by atoms with van der Waals surface area (Å²) in [6.07, 6.45) is 7.03. The fourth-order valence-corrected chi connectivity index (χ4v) is 1.59. The highest BCUT2D eigenvalue weighted by molar-refractivity contribution is 5.81. The van der Waals surface area contributed by atoms with Crippen LogP contribution in [0.25, 0.3) is 0 Å². The molecule has 0 unspecified atom stereocenters. The molecule has 1 amide bonds. The third-order valence-electron chi connectivity index (χ3n) is 2.54. The summed E-state index contributed by atoms with van der Waals surface area (Å²) in [6, 6.07) is 7.62. The number of hydrogen-bond donors (Lipinski definition) is 1. The van der Waals surface area contributed by atoms with Crippen LogP contribution in [0.1, 0.15) is 12.5 Å². The van der Waals surface area contributed by atoms with Gasteiger partial charge >= 0.3 is 0 Å². The van der Waals surface area contributed by atoms with Crippen LogP contribution in [0.15, 0.2) is 36.9 Å². The summed E-state index contributed by atoms with van der Waals surface area (Å²) in [5.41, 5.74) is 1.78. The Labute approximate surface area is 108 Å². The number of nitrogens with one attached hydrogen (secondary N) is 1. The third kappa shape index (κ3) is 3.99. The first-order valence-corrected chi connectivity index (χ1v) is 5.90. The zero-order chi connectivity index (χ0) is 13.4. The van der Waals surface area contributed by atoms with E-state index in [2.05, 4.69) is 17.8 Å². The van der Waals surface area contributed by atoms with E-state index < -0.39 is 0 Å². The number of carbonyl (C=O) groups is 1. The third-order valence-corrected chi connectivity index (χ3v) is 2.54. The highest BCUT2D eigenvalue weighted by Crippen LogP contribution is 2.15. The number of anilines is 1. The van der Waals surface area contributed by atoms with Gasteiger partial charge < -0.3 is 10.2 Å². The Balaban J connectivity index is 2.73. The standard InChI is InChI=1S/C15H18N2O/c1-4-10-16-15(18)12-17(6-3)14-9-7-8-13(5-2)11-14/h2,4,7-9,11H,1,6,10,12H2,3H3,(H,16,18). The van der Waals surface area contributed by atoms with Crippen molar-refractivity contribution in [2.45, 2.75) is 6.92 Å². The fourth-order valence-electron chi connectivity index (χ4n) is 1.59. The molecule has 18 heavy (non-hydrogen) atoms. The summed E-state index contributed by atoms with van der Waals surface area (Å²) in [6.45, 7) is 7.12. The minimum Gasteiger partial charge on any atom is -0.362 e. The van der Waals surface area contributed by atoms with Gasteiger partial charge in [-0.1, -0.05) is 18.1 Å². The van der Waals surface area contributed by atoms with Crippen molar-refractivity contribution in [2.24, 2.45) is 0 Å². The number of likely N-dealkylation sites (N-methyl/N-ethyl adjacent to an activating group) is 1. The minimum absolute atomic E-state index is 0.0251. The van der Waals surface area contributed by atoms with E-state index in [0.29, 0.717) is 13.1 Å². The average molecular weight is 242 g/mol. The first-order chi connectivity index (χ1) is 8.71. The molecule has 0 aliphatic carbocycles. The van der Waals surface area contributed by atoms with Crippen LogP contribution in [0, 0.1) is 12.3 Å². The smallest absolute Gasteiger partial charge is 0.239 e. The fraction of sp³-hybridized carbons (Fsp3) is 0.267. The Bertz CT molecular complexity index is 460. The topological polar surface area (TPSA) is 32.3 Å². The molecule has 1 aromatic rings. The zero-order valence-electron chi connectivity index (χ0n) is 10.6. The Kier molecular flexibility index (Phi) is 5.53. The molecular formula is C15H18N2O. The van der Waals surface area contributed by atoms with Crippen molar-refractivity contribution < 1.29 is 4.79 Å². The lowest BCUT2D eigenvalue weighted by Gasteiger charge is -2.22. The van der Waals surface area contributed by atoms with Gasteiger partial charge in [-0.15, -0.1) is 13.0 Å². The van der Waals surface area contributed by atoms with Crippen LogP contribution in [-0.4, -0.2) is 25.5 Å². The quantitative estimate of drug-likeness (QED) is 0.609. The van der Waals surface area contributed by atoms with Crippen molar-refractivity contribution in [2.75, 3.05) is 24.5 Å². The summed E-state index contributed by atoms with van der Waals surface area (Å²) < 4.78 is 0. The van der Waals surface area contributed by atoms with Gasteiger partial charge in [0, 0.05) is 24.3 Å². The molecule has 1 aromatic carbocycles. The van der Waals surface area contributed by atoms with E-state index in [0.717, 1.165) is 17.8 Å². The molecule has 0 spiro atoms. The molecule has 3 heteroatoms. The lowest BCUT2D eigenvalue weighted by molar-refractivity contribution is -0.119. The molecule has 0 bridgehead atoms. The van der Waals surface area contributed by atoms with Gasteiger partial charge in [-0.2, -0.15) is 0 Å². The van der Waals surface area contributed by atoms with Gasteiger partial charge in [0.2, 0.25) is 5.91 Å². The van der Waals surface area contributed by atoms with E-state index in [9.17, 15) is 4.79 Å².